The van der Waals surface area contributed by atoms with Crippen LogP contribution in [0.1, 0.15) is 5.56 Å². The van der Waals surface area contributed by atoms with Crippen LogP contribution in [0.5, 0.6) is 23.0 Å². The molecule has 0 N–H and O–H groups in total. The second kappa shape index (κ2) is 4.69. The molecule has 8 rings (SSSR count). The van der Waals surface area contributed by atoms with Crippen LogP contribution in [0.15, 0.2) is 66.7 Å². The number of para-hydroxylation sites is 1. The normalized spacial score (nSPS) is 13.8. The molecule has 4 heterocycles. The molecular formula is C25H11BN2O2. The fourth-order valence-electron chi connectivity index (χ4n) is 5.59. The summed E-state index contributed by atoms with van der Waals surface area (Å²) in [4.78, 5) is 0. The number of nitriles is 1. The lowest BCUT2D eigenvalue weighted by Crippen LogP contribution is -2.60. The SMILES string of the molecule is N#Cc1ccc2c3c1Oc1cccc4c1B3c1c(ccc3c5ccccc5n-2c13)O4. The number of nitrogens with zero attached hydrogens (tertiary/aromatic N) is 2. The van der Waals surface area contributed by atoms with Gasteiger partial charge in [0.25, 0.3) is 6.71 Å². The third kappa shape index (κ3) is 1.44. The number of rotatable bonds is 0. The Morgan fingerprint density at radius 2 is 1.57 bits per heavy atom. The zero-order chi connectivity index (χ0) is 19.6. The highest BCUT2D eigenvalue weighted by molar-refractivity contribution is 7.00. The summed E-state index contributed by atoms with van der Waals surface area (Å²) in [7, 11) is 0. The van der Waals surface area contributed by atoms with E-state index in [1.807, 2.05) is 24.3 Å². The van der Waals surface area contributed by atoms with E-state index in [0.717, 1.165) is 44.8 Å². The molecule has 0 fully saturated rings. The molecule has 5 heteroatoms. The molecule has 0 saturated heterocycles. The van der Waals surface area contributed by atoms with Crippen molar-refractivity contribution in [3.05, 3.63) is 72.3 Å². The predicted molar refractivity (Wildman–Crippen MR) is 117 cm³/mol. The van der Waals surface area contributed by atoms with Crippen LogP contribution in [0.25, 0.3) is 27.5 Å². The summed E-state index contributed by atoms with van der Waals surface area (Å²) in [6, 6.07) is 24.9. The van der Waals surface area contributed by atoms with E-state index < -0.39 is 0 Å². The zero-order valence-electron chi connectivity index (χ0n) is 15.6. The Bertz CT molecular complexity index is 1680. The lowest BCUT2D eigenvalue weighted by Gasteiger charge is -2.37. The molecule has 30 heavy (non-hydrogen) atoms. The average Bonchev–Trinajstić information content (AvgIpc) is 3.13. The van der Waals surface area contributed by atoms with Gasteiger partial charge in [-0.2, -0.15) is 5.26 Å². The predicted octanol–water partition coefficient (Wildman–Crippen LogP) is 3.70. The van der Waals surface area contributed by atoms with Crippen LogP contribution in [-0.4, -0.2) is 11.3 Å². The van der Waals surface area contributed by atoms with Crippen LogP contribution in [0.4, 0.5) is 0 Å². The Morgan fingerprint density at radius 1 is 0.733 bits per heavy atom. The van der Waals surface area contributed by atoms with Gasteiger partial charge in [0.05, 0.1) is 16.6 Å². The average molecular weight is 382 g/mol. The van der Waals surface area contributed by atoms with E-state index in [1.54, 1.807) is 0 Å². The van der Waals surface area contributed by atoms with E-state index >= 15 is 0 Å². The Balaban J connectivity index is 1.69. The molecular weight excluding hydrogens is 371 g/mol. The second-order valence-corrected chi connectivity index (χ2v) is 8.02. The van der Waals surface area contributed by atoms with Crippen LogP contribution in [-0.2, 0) is 0 Å². The van der Waals surface area contributed by atoms with Gasteiger partial charge in [-0.25, -0.2) is 0 Å². The van der Waals surface area contributed by atoms with Gasteiger partial charge < -0.3 is 14.0 Å². The van der Waals surface area contributed by atoms with Crippen molar-refractivity contribution in [2.45, 2.75) is 0 Å². The van der Waals surface area contributed by atoms with E-state index in [9.17, 15) is 5.26 Å². The van der Waals surface area contributed by atoms with E-state index in [-0.39, 0.29) is 6.71 Å². The Kier molecular flexibility index (Phi) is 2.31. The molecule has 136 valence electrons. The van der Waals surface area contributed by atoms with Gasteiger partial charge in [0, 0.05) is 21.9 Å². The van der Waals surface area contributed by atoms with Crippen molar-refractivity contribution in [1.82, 2.24) is 4.57 Å². The first-order valence-electron chi connectivity index (χ1n) is 9.97. The molecule has 1 aromatic heterocycles. The maximum atomic E-state index is 9.79. The molecule has 5 aromatic rings. The monoisotopic (exact) mass is 382 g/mol. The first kappa shape index (κ1) is 14.8. The van der Waals surface area contributed by atoms with Gasteiger partial charge in [-0.15, -0.1) is 0 Å². The number of ether oxygens (including phenoxy) is 2. The number of fused-ring (bicyclic) bond motifs is 4. The van der Waals surface area contributed by atoms with Gasteiger partial charge in [0.2, 0.25) is 0 Å². The topological polar surface area (TPSA) is 47.2 Å². The van der Waals surface area contributed by atoms with Crippen molar-refractivity contribution >= 4 is 44.9 Å². The van der Waals surface area contributed by atoms with E-state index in [1.165, 1.54) is 16.3 Å². The Hall–Kier alpha value is -4.17. The summed E-state index contributed by atoms with van der Waals surface area (Å²) in [6.45, 7) is -0.00693. The highest BCUT2D eigenvalue weighted by Gasteiger charge is 2.46. The summed E-state index contributed by atoms with van der Waals surface area (Å²) in [5, 5.41) is 12.2. The van der Waals surface area contributed by atoms with Gasteiger partial charge in [0.1, 0.15) is 29.1 Å². The molecule has 0 atom stereocenters. The second-order valence-electron chi connectivity index (χ2n) is 8.02. The van der Waals surface area contributed by atoms with Crippen LogP contribution in [0, 0.1) is 11.3 Å². The minimum Gasteiger partial charge on any atom is -0.458 e. The lowest BCUT2D eigenvalue weighted by atomic mass is 9.33. The third-order valence-electron chi connectivity index (χ3n) is 6.69. The standard InChI is InChI=1S/C25H11BN2O2/c27-12-13-8-10-17-21-25(13)30-19-7-3-6-18-22(19)26(21)23-20(29-18)11-9-15-14-4-1-2-5-16(14)28(17)24(15)23/h1-11H. The van der Waals surface area contributed by atoms with E-state index in [4.69, 9.17) is 9.47 Å². The molecule has 3 aliphatic heterocycles. The van der Waals surface area contributed by atoms with Gasteiger partial charge in [-0.05, 0) is 53.4 Å². The molecule has 0 spiro atoms. The first-order valence-corrected chi connectivity index (χ1v) is 9.97. The Morgan fingerprint density at radius 3 is 2.47 bits per heavy atom. The van der Waals surface area contributed by atoms with Crippen LogP contribution < -0.4 is 25.9 Å². The van der Waals surface area contributed by atoms with Crippen LogP contribution >= 0.6 is 0 Å². The maximum Gasteiger partial charge on any atom is 0.266 e. The Labute approximate surface area is 171 Å². The largest absolute Gasteiger partial charge is 0.458 e. The number of hydrogen-bond donors (Lipinski definition) is 0. The van der Waals surface area contributed by atoms with Gasteiger partial charge in [0.15, 0.2) is 0 Å². The number of benzene rings is 4. The van der Waals surface area contributed by atoms with Gasteiger partial charge >= 0.3 is 0 Å². The van der Waals surface area contributed by atoms with Crippen LogP contribution in [0.2, 0.25) is 0 Å². The first-order chi connectivity index (χ1) is 14.8. The summed E-state index contributed by atoms with van der Waals surface area (Å²) >= 11 is 0. The minimum atomic E-state index is -0.00693. The minimum absolute atomic E-state index is 0.00693. The maximum absolute atomic E-state index is 9.79. The quantitative estimate of drug-likeness (QED) is 0.376. The summed E-state index contributed by atoms with van der Waals surface area (Å²) < 4.78 is 15.0. The molecule has 3 aliphatic rings. The van der Waals surface area contributed by atoms with Crippen molar-refractivity contribution in [2.75, 3.05) is 0 Å². The molecule has 0 unspecified atom stereocenters. The summed E-state index contributed by atoms with van der Waals surface area (Å²) in [5.74, 6) is 3.14. The molecule has 0 radical (unpaired) electrons. The molecule has 0 aliphatic carbocycles. The molecule has 0 saturated carbocycles. The van der Waals surface area contributed by atoms with Crippen molar-refractivity contribution in [2.24, 2.45) is 0 Å². The van der Waals surface area contributed by atoms with Crippen molar-refractivity contribution in [3.8, 4) is 34.8 Å². The van der Waals surface area contributed by atoms with E-state index in [2.05, 4.69) is 53.1 Å². The van der Waals surface area contributed by atoms with Crippen molar-refractivity contribution in [1.29, 1.82) is 5.26 Å². The highest BCUT2D eigenvalue weighted by atomic mass is 16.5. The number of hydrogen-bond acceptors (Lipinski definition) is 3. The highest BCUT2D eigenvalue weighted by Crippen LogP contribution is 2.43. The van der Waals surface area contributed by atoms with Gasteiger partial charge in [-0.3, -0.25) is 0 Å². The molecule has 4 nitrogen and oxygen atoms in total. The summed E-state index contributed by atoms with van der Waals surface area (Å²) in [6.07, 6.45) is 0. The summed E-state index contributed by atoms with van der Waals surface area (Å²) in [5.41, 5.74) is 7.24. The zero-order valence-corrected chi connectivity index (χ0v) is 15.6. The van der Waals surface area contributed by atoms with E-state index in [0.29, 0.717) is 11.3 Å². The van der Waals surface area contributed by atoms with Gasteiger partial charge in [-0.1, -0.05) is 24.3 Å². The number of aromatic nitrogens is 1. The molecule has 0 bridgehead atoms. The fraction of sp³-hybridized carbons (Fsp3) is 0. The lowest BCUT2D eigenvalue weighted by molar-refractivity contribution is 0.463. The fourth-order valence-corrected chi connectivity index (χ4v) is 5.59. The third-order valence-corrected chi connectivity index (χ3v) is 6.69. The smallest absolute Gasteiger partial charge is 0.266 e. The molecule has 4 aromatic carbocycles. The van der Waals surface area contributed by atoms with Crippen molar-refractivity contribution < 1.29 is 9.47 Å². The van der Waals surface area contributed by atoms with Crippen molar-refractivity contribution in [3.63, 3.8) is 0 Å². The van der Waals surface area contributed by atoms with Crippen LogP contribution in [0.3, 0.4) is 0 Å². The molecule has 0 amide bonds.